The summed E-state index contributed by atoms with van der Waals surface area (Å²) in [4.78, 5) is 12.9. The van der Waals surface area contributed by atoms with E-state index < -0.39 is 15.9 Å². The minimum atomic E-state index is -3.92. The van der Waals surface area contributed by atoms with Gasteiger partial charge in [0.2, 0.25) is 5.91 Å². The summed E-state index contributed by atoms with van der Waals surface area (Å²) in [5, 5.41) is 2.75. The molecule has 3 rings (SSSR count). The van der Waals surface area contributed by atoms with Crippen LogP contribution in [0.2, 0.25) is 0 Å². The zero-order valence-electron chi connectivity index (χ0n) is 16.0. The molecule has 3 aromatic rings. The Labute approximate surface area is 170 Å². The molecular weight excluding hydrogens is 388 g/mol. The number of sulfonamides is 1. The average molecular weight is 410 g/mol. The maximum atomic E-state index is 13.2. The second-order valence-corrected chi connectivity index (χ2v) is 8.00. The minimum absolute atomic E-state index is 0.117. The first-order valence-corrected chi connectivity index (χ1v) is 10.6. The lowest BCUT2D eigenvalue weighted by atomic mass is 10.3. The Balaban J connectivity index is 1.90. The molecule has 0 fully saturated rings. The minimum Gasteiger partial charge on any atom is -0.492 e. The van der Waals surface area contributed by atoms with Crippen LogP contribution in [0.25, 0.3) is 0 Å². The number of anilines is 2. The van der Waals surface area contributed by atoms with Crippen molar-refractivity contribution < 1.29 is 17.9 Å². The van der Waals surface area contributed by atoms with Crippen LogP contribution in [0.5, 0.6) is 5.75 Å². The number of carbonyl (C=O) groups is 1. The molecule has 0 spiro atoms. The van der Waals surface area contributed by atoms with Gasteiger partial charge >= 0.3 is 0 Å². The average Bonchev–Trinajstić information content (AvgIpc) is 2.75. The Morgan fingerprint density at radius 1 is 0.897 bits per heavy atom. The Morgan fingerprint density at radius 3 is 2.14 bits per heavy atom. The molecule has 7 heteroatoms. The zero-order valence-corrected chi connectivity index (χ0v) is 16.8. The highest BCUT2D eigenvalue weighted by Crippen LogP contribution is 2.26. The van der Waals surface area contributed by atoms with Crippen molar-refractivity contribution in [2.45, 2.75) is 11.8 Å². The molecular formula is C22H22N2O4S. The fraction of sp³-hybridized carbons (Fsp3) is 0.136. The molecule has 3 aromatic carbocycles. The number of rotatable bonds is 8. The molecule has 0 atom stereocenters. The van der Waals surface area contributed by atoms with Gasteiger partial charge in [-0.1, -0.05) is 48.5 Å². The Hall–Kier alpha value is -3.32. The lowest BCUT2D eigenvalue weighted by Gasteiger charge is -2.24. The molecule has 150 valence electrons. The van der Waals surface area contributed by atoms with Crippen LogP contribution in [0.1, 0.15) is 6.92 Å². The lowest BCUT2D eigenvalue weighted by Crippen LogP contribution is -2.38. The molecule has 0 radical (unpaired) electrons. The summed E-state index contributed by atoms with van der Waals surface area (Å²) in [6, 6.07) is 23.6. The molecule has 0 aliphatic rings. The van der Waals surface area contributed by atoms with Gasteiger partial charge in [0.15, 0.2) is 0 Å². The summed E-state index contributed by atoms with van der Waals surface area (Å²) in [5.74, 6) is 0.0565. The first-order chi connectivity index (χ1) is 14.0. The molecule has 0 saturated carbocycles. The summed E-state index contributed by atoms with van der Waals surface area (Å²) in [6.45, 7) is 1.93. The van der Waals surface area contributed by atoms with Crippen molar-refractivity contribution in [1.82, 2.24) is 0 Å². The summed E-state index contributed by atoms with van der Waals surface area (Å²) >= 11 is 0. The number of ether oxygens (including phenoxy) is 1. The third kappa shape index (κ3) is 4.94. The fourth-order valence-electron chi connectivity index (χ4n) is 2.80. The number of hydrogen-bond donors (Lipinski definition) is 1. The van der Waals surface area contributed by atoms with Crippen LogP contribution < -0.4 is 14.4 Å². The number of nitrogens with one attached hydrogen (secondary N) is 1. The predicted octanol–water partition coefficient (Wildman–Crippen LogP) is 3.92. The molecule has 0 aliphatic carbocycles. The smallest absolute Gasteiger partial charge is 0.264 e. The van der Waals surface area contributed by atoms with E-state index in [0.29, 0.717) is 23.7 Å². The highest BCUT2D eigenvalue weighted by Gasteiger charge is 2.27. The Bertz CT molecular complexity index is 1050. The quantitative estimate of drug-likeness (QED) is 0.611. The fourth-order valence-corrected chi connectivity index (χ4v) is 4.24. The van der Waals surface area contributed by atoms with E-state index in [-0.39, 0.29) is 11.4 Å². The lowest BCUT2D eigenvalue weighted by molar-refractivity contribution is -0.114. The Morgan fingerprint density at radius 2 is 1.48 bits per heavy atom. The number of nitrogens with zero attached hydrogens (tertiary/aromatic N) is 1. The summed E-state index contributed by atoms with van der Waals surface area (Å²) in [5.41, 5.74) is 0.897. The van der Waals surface area contributed by atoms with E-state index in [2.05, 4.69) is 5.32 Å². The van der Waals surface area contributed by atoms with Crippen LogP contribution in [-0.2, 0) is 14.8 Å². The van der Waals surface area contributed by atoms with Gasteiger partial charge in [-0.2, -0.15) is 0 Å². The third-order valence-corrected chi connectivity index (χ3v) is 5.91. The van der Waals surface area contributed by atoms with Crippen molar-refractivity contribution in [2.24, 2.45) is 0 Å². The van der Waals surface area contributed by atoms with E-state index in [1.54, 1.807) is 72.8 Å². The number of amides is 1. The van der Waals surface area contributed by atoms with Crippen molar-refractivity contribution in [2.75, 3.05) is 22.8 Å². The molecule has 6 nitrogen and oxygen atoms in total. The van der Waals surface area contributed by atoms with Crippen LogP contribution in [0.15, 0.2) is 89.8 Å². The van der Waals surface area contributed by atoms with Crippen molar-refractivity contribution in [3.63, 3.8) is 0 Å². The molecule has 1 amide bonds. The Kier molecular flexibility index (Phi) is 6.51. The second-order valence-electron chi connectivity index (χ2n) is 6.14. The van der Waals surface area contributed by atoms with Crippen LogP contribution in [-0.4, -0.2) is 27.5 Å². The van der Waals surface area contributed by atoms with E-state index in [4.69, 9.17) is 4.74 Å². The van der Waals surface area contributed by atoms with E-state index in [1.165, 1.54) is 12.1 Å². The molecule has 0 aromatic heterocycles. The van der Waals surface area contributed by atoms with Gasteiger partial charge < -0.3 is 10.1 Å². The van der Waals surface area contributed by atoms with Gasteiger partial charge in [0, 0.05) is 0 Å². The summed E-state index contributed by atoms with van der Waals surface area (Å²) in [7, 11) is -3.92. The first kappa shape index (κ1) is 20.4. The van der Waals surface area contributed by atoms with E-state index in [0.717, 1.165) is 4.31 Å². The maximum Gasteiger partial charge on any atom is 0.264 e. The molecule has 0 heterocycles. The van der Waals surface area contributed by atoms with Gasteiger partial charge in [-0.3, -0.25) is 9.10 Å². The number of hydrogen-bond acceptors (Lipinski definition) is 4. The van der Waals surface area contributed by atoms with E-state index in [9.17, 15) is 13.2 Å². The monoisotopic (exact) mass is 410 g/mol. The highest BCUT2D eigenvalue weighted by molar-refractivity contribution is 7.92. The van der Waals surface area contributed by atoms with E-state index in [1.807, 2.05) is 6.92 Å². The first-order valence-electron chi connectivity index (χ1n) is 9.17. The van der Waals surface area contributed by atoms with Crippen molar-refractivity contribution >= 4 is 27.3 Å². The summed E-state index contributed by atoms with van der Waals surface area (Å²) in [6.07, 6.45) is 0. The zero-order chi connectivity index (χ0) is 20.7. The van der Waals surface area contributed by atoms with Crippen LogP contribution in [0, 0.1) is 0 Å². The highest BCUT2D eigenvalue weighted by atomic mass is 32.2. The topological polar surface area (TPSA) is 75.7 Å². The SMILES string of the molecule is CCOc1ccccc1NC(=O)CN(c1ccccc1)S(=O)(=O)c1ccccc1. The maximum absolute atomic E-state index is 13.2. The van der Waals surface area contributed by atoms with Gasteiger partial charge in [0.25, 0.3) is 10.0 Å². The van der Waals surface area contributed by atoms with Crippen molar-refractivity contribution in [3.8, 4) is 5.75 Å². The standard InChI is InChI=1S/C22H22N2O4S/c1-2-28-21-16-10-9-15-20(21)23-22(25)17-24(18-11-5-3-6-12-18)29(26,27)19-13-7-4-8-14-19/h3-16H,2,17H2,1H3,(H,23,25). The van der Waals surface area contributed by atoms with Crippen LogP contribution in [0.4, 0.5) is 11.4 Å². The van der Waals surface area contributed by atoms with Crippen LogP contribution in [0.3, 0.4) is 0 Å². The van der Waals surface area contributed by atoms with Crippen molar-refractivity contribution in [3.05, 3.63) is 84.9 Å². The van der Waals surface area contributed by atoms with Crippen molar-refractivity contribution in [1.29, 1.82) is 0 Å². The molecule has 0 saturated heterocycles. The number of benzene rings is 3. The van der Waals surface area contributed by atoms with Gasteiger partial charge in [0.1, 0.15) is 12.3 Å². The molecule has 0 unspecified atom stereocenters. The molecule has 1 N–H and O–H groups in total. The third-order valence-electron chi connectivity index (χ3n) is 4.12. The molecule has 0 bridgehead atoms. The van der Waals surface area contributed by atoms with Crippen LogP contribution >= 0.6 is 0 Å². The normalized spacial score (nSPS) is 10.9. The molecule has 0 aliphatic heterocycles. The largest absolute Gasteiger partial charge is 0.492 e. The number of para-hydroxylation sites is 3. The van der Waals surface area contributed by atoms with Gasteiger partial charge in [-0.15, -0.1) is 0 Å². The van der Waals surface area contributed by atoms with Gasteiger partial charge in [-0.25, -0.2) is 8.42 Å². The number of carbonyl (C=O) groups excluding carboxylic acids is 1. The predicted molar refractivity (Wildman–Crippen MR) is 114 cm³/mol. The van der Waals surface area contributed by atoms with E-state index >= 15 is 0 Å². The molecule has 29 heavy (non-hydrogen) atoms. The second kappa shape index (κ2) is 9.25. The van der Waals surface area contributed by atoms with Gasteiger partial charge in [-0.05, 0) is 43.3 Å². The van der Waals surface area contributed by atoms with Gasteiger partial charge in [0.05, 0.1) is 22.9 Å². The summed E-state index contributed by atoms with van der Waals surface area (Å²) < 4.78 is 33.0.